The van der Waals surface area contributed by atoms with Crippen molar-refractivity contribution in [2.75, 3.05) is 7.11 Å². The maximum atomic E-state index is 13.4. The second kappa shape index (κ2) is 6.95. The van der Waals surface area contributed by atoms with E-state index in [0.29, 0.717) is 12.2 Å². The molecule has 110 valence electrons. The van der Waals surface area contributed by atoms with Gasteiger partial charge in [0.25, 0.3) is 0 Å². The Labute approximate surface area is 121 Å². The van der Waals surface area contributed by atoms with Crippen LogP contribution < -0.4 is 0 Å². The van der Waals surface area contributed by atoms with Crippen molar-refractivity contribution in [3.63, 3.8) is 0 Å². The van der Waals surface area contributed by atoms with E-state index in [4.69, 9.17) is 9.47 Å². The maximum Gasteiger partial charge on any atom is 0.338 e. The number of benzene rings is 2. The Morgan fingerprint density at radius 1 is 1.10 bits per heavy atom. The normalized spacial score (nSPS) is 10.4. The minimum atomic E-state index is -1.00. The van der Waals surface area contributed by atoms with Crippen molar-refractivity contribution in [2.45, 2.75) is 13.2 Å². The van der Waals surface area contributed by atoms with Crippen LogP contribution in [0.2, 0.25) is 0 Å². The molecule has 0 N–H and O–H groups in total. The minimum absolute atomic E-state index is 0.00334. The topological polar surface area (TPSA) is 35.5 Å². The van der Waals surface area contributed by atoms with E-state index < -0.39 is 17.6 Å². The third-order valence-corrected chi connectivity index (χ3v) is 2.86. The molecule has 0 aliphatic carbocycles. The summed E-state index contributed by atoms with van der Waals surface area (Å²) < 4.78 is 36.4. The standard InChI is InChI=1S/C16H14F2O3/c1-20-9-11-4-2-5-12(8-11)16(19)21-10-13-6-3-7-14(17)15(13)18/h2-8H,9-10H2,1H3. The smallest absolute Gasteiger partial charge is 0.338 e. The molecule has 0 aliphatic rings. The molecule has 0 saturated heterocycles. The van der Waals surface area contributed by atoms with Crippen molar-refractivity contribution < 1.29 is 23.0 Å². The van der Waals surface area contributed by atoms with E-state index >= 15 is 0 Å². The molecule has 0 spiro atoms. The van der Waals surface area contributed by atoms with Gasteiger partial charge < -0.3 is 9.47 Å². The Morgan fingerprint density at radius 2 is 1.86 bits per heavy atom. The Balaban J connectivity index is 2.04. The van der Waals surface area contributed by atoms with Gasteiger partial charge in [-0.05, 0) is 23.8 Å². The van der Waals surface area contributed by atoms with Gasteiger partial charge in [0, 0.05) is 12.7 Å². The summed E-state index contributed by atoms with van der Waals surface area (Å²) in [5.41, 5.74) is 1.15. The van der Waals surface area contributed by atoms with Gasteiger partial charge in [-0.15, -0.1) is 0 Å². The van der Waals surface area contributed by atoms with E-state index in [9.17, 15) is 13.6 Å². The van der Waals surface area contributed by atoms with Gasteiger partial charge in [-0.1, -0.05) is 24.3 Å². The molecule has 0 atom stereocenters. The number of ether oxygens (including phenoxy) is 2. The molecule has 0 bridgehead atoms. The lowest BCUT2D eigenvalue weighted by Crippen LogP contribution is -2.07. The van der Waals surface area contributed by atoms with Crippen molar-refractivity contribution in [1.82, 2.24) is 0 Å². The summed E-state index contributed by atoms with van der Waals surface area (Å²) in [6, 6.07) is 10.5. The Bertz CT molecular complexity index is 641. The number of carbonyl (C=O) groups excluding carboxylic acids is 1. The molecule has 0 heterocycles. The van der Waals surface area contributed by atoms with Gasteiger partial charge in [-0.2, -0.15) is 0 Å². The summed E-state index contributed by atoms with van der Waals surface area (Å²) in [6.45, 7) is 0.0522. The van der Waals surface area contributed by atoms with Crippen LogP contribution in [0, 0.1) is 11.6 Å². The summed E-state index contributed by atoms with van der Waals surface area (Å²) in [4.78, 5) is 11.9. The second-order valence-electron chi connectivity index (χ2n) is 4.42. The van der Waals surface area contributed by atoms with E-state index in [1.165, 1.54) is 12.1 Å². The van der Waals surface area contributed by atoms with Crippen molar-refractivity contribution in [2.24, 2.45) is 0 Å². The molecule has 0 saturated carbocycles. The van der Waals surface area contributed by atoms with Gasteiger partial charge in [0.15, 0.2) is 11.6 Å². The zero-order valence-corrected chi connectivity index (χ0v) is 11.4. The Kier molecular flexibility index (Phi) is 5.00. The van der Waals surface area contributed by atoms with E-state index in [1.807, 2.05) is 6.07 Å². The fourth-order valence-electron chi connectivity index (χ4n) is 1.84. The van der Waals surface area contributed by atoms with Crippen molar-refractivity contribution in [3.05, 3.63) is 70.8 Å². The van der Waals surface area contributed by atoms with Gasteiger partial charge in [0.2, 0.25) is 0 Å². The van der Waals surface area contributed by atoms with Crippen LogP contribution in [-0.4, -0.2) is 13.1 Å². The van der Waals surface area contributed by atoms with Crippen LogP contribution in [0.1, 0.15) is 21.5 Å². The molecular formula is C16H14F2O3. The predicted octanol–water partition coefficient (Wildman–Crippen LogP) is 3.47. The van der Waals surface area contributed by atoms with Crippen LogP contribution in [-0.2, 0) is 22.7 Å². The highest BCUT2D eigenvalue weighted by Crippen LogP contribution is 2.14. The third kappa shape index (κ3) is 3.86. The maximum absolute atomic E-state index is 13.4. The number of hydrogen-bond acceptors (Lipinski definition) is 3. The molecule has 21 heavy (non-hydrogen) atoms. The number of hydrogen-bond donors (Lipinski definition) is 0. The van der Waals surface area contributed by atoms with Gasteiger partial charge in [0.1, 0.15) is 6.61 Å². The van der Waals surface area contributed by atoms with Crippen LogP contribution in [0.4, 0.5) is 8.78 Å². The van der Waals surface area contributed by atoms with Gasteiger partial charge in [0.05, 0.1) is 12.2 Å². The molecule has 2 aromatic rings. The first-order chi connectivity index (χ1) is 10.1. The molecule has 0 radical (unpaired) electrons. The Hall–Kier alpha value is -2.27. The zero-order chi connectivity index (χ0) is 15.2. The molecule has 0 fully saturated rings. The average Bonchev–Trinajstić information content (AvgIpc) is 2.49. The molecule has 0 amide bonds. The fourth-order valence-corrected chi connectivity index (χ4v) is 1.84. The highest BCUT2D eigenvalue weighted by Gasteiger charge is 2.12. The zero-order valence-electron chi connectivity index (χ0n) is 11.4. The third-order valence-electron chi connectivity index (χ3n) is 2.86. The van der Waals surface area contributed by atoms with Gasteiger partial charge in [-0.3, -0.25) is 0 Å². The molecule has 0 aromatic heterocycles. The summed E-state index contributed by atoms with van der Waals surface area (Å²) >= 11 is 0. The number of methoxy groups -OCH3 is 1. The first-order valence-corrected chi connectivity index (χ1v) is 6.29. The van der Waals surface area contributed by atoms with Crippen molar-refractivity contribution >= 4 is 5.97 Å². The summed E-state index contributed by atoms with van der Waals surface area (Å²) in [5, 5.41) is 0. The molecule has 5 heteroatoms. The van der Waals surface area contributed by atoms with Crippen LogP contribution in [0.5, 0.6) is 0 Å². The van der Waals surface area contributed by atoms with E-state index in [-0.39, 0.29) is 12.2 Å². The van der Waals surface area contributed by atoms with Gasteiger partial charge in [-0.25, -0.2) is 13.6 Å². The second-order valence-corrected chi connectivity index (χ2v) is 4.42. The van der Waals surface area contributed by atoms with Crippen molar-refractivity contribution in [3.8, 4) is 0 Å². The quantitative estimate of drug-likeness (QED) is 0.792. The van der Waals surface area contributed by atoms with E-state index in [1.54, 1.807) is 25.3 Å². The number of carbonyl (C=O) groups is 1. The number of halogens is 2. The van der Waals surface area contributed by atoms with Crippen LogP contribution in [0.3, 0.4) is 0 Å². The molecule has 0 unspecified atom stereocenters. The van der Waals surface area contributed by atoms with Crippen LogP contribution in [0.15, 0.2) is 42.5 Å². The molecule has 0 aliphatic heterocycles. The summed E-state index contributed by atoms with van der Waals surface area (Å²) in [7, 11) is 1.55. The number of rotatable bonds is 5. The molecule has 3 nitrogen and oxygen atoms in total. The SMILES string of the molecule is COCc1cccc(C(=O)OCc2cccc(F)c2F)c1. The highest BCUT2D eigenvalue weighted by atomic mass is 19.2. The fraction of sp³-hybridized carbons (Fsp3) is 0.188. The van der Waals surface area contributed by atoms with E-state index in [2.05, 4.69) is 0 Å². The monoisotopic (exact) mass is 292 g/mol. The average molecular weight is 292 g/mol. The number of esters is 1. The van der Waals surface area contributed by atoms with E-state index in [0.717, 1.165) is 11.6 Å². The lowest BCUT2D eigenvalue weighted by molar-refractivity contribution is 0.0467. The first-order valence-electron chi connectivity index (χ1n) is 6.29. The van der Waals surface area contributed by atoms with Gasteiger partial charge >= 0.3 is 5.97 Å². The lowest BCUT2D eigenvalue weighted by atomic mass is 10.1. The first kappa shape index (κ1) is 15.1. The molecule has 2 aromatic carbocycles. The largest absolute Gasteiger partial charge is 0.457 e. The van der Waals surface area contributed by atoms with Crippen molar-refractivity contribution in [1.29, 1.82) is 0 Å². The minimum Gasteiger partial charge on any atom is -0.457 e. The van der Waals surface area contributed by atoms with Crippen LogP contribution in [0.25, 0.3) is 0 Å². The highest BCUT2D eigenvalue weighted by molar-refractivity contribution is 5.89. The Morgan fingerprint density at radius 3 is 2.62 bits per heavy atom. The molecular weight excluding hydrogens is 278 g/mol. The van der Waals surface area contributed by atoms with Crippen LogP contribution >= 0.6 is 0 Å². The molecule has 2 rings (SSSR count). The summed E-state index contributed by atoms with van der Waals surface area (Å²) in [5.74, 6) is -2.57. The lowest BCUT2D eigenvalue weighted by Gasteiger charge is -2.07. The summed E-state index contributed by atoms with van der Waals surface area (Å²) in [6.07, 6.45) is 0. The predicted molar refractivity (Wildman–Crippen MR) is 72.6 cm³/mol.